The van der Waals surface area contributed by atoms with E-state index in [1.807, 2.05) is 0 Å². The number of nitrogen functional groups attached to an aromatic ring is 1. The zero-order chi connectivity index (χ0) is 14.1. The van der Waals surface area contributed by atoms with E-state index in [0.717, 1.165) is 6.07 Å². The van der Waals surface area contributed by atoms with E-state index in [9.17, 15) is 8.78 Å². The van der Waals surface area contributed by atoms with Crippen LogP contribution in [0.2, 0.25) is 0 Å². The van der Waals surface area contributed by atoms with Gasteiger partial charge in [0.1, 0.15) is 18.9 Å². The lowest BCUT2D eigenvalue weighted by molar-refractivity contribution is 0.171. The average Bonchev–Trinajstić information content (AvgIpc) is 2.47. The Hall–Kier alpha value is -2.50. The van der Waals surface area contributed by atoms with Gasteiger partial charge in [0.15, 0.2) is 23.1 Å². The van der Waals surface area contributed by atoms with Gasteiger partial charge < -0.3 is 20.5 Å². The molecule has 104 valence electrons. The van der Waals surface area contributed by atoms with Crippen molar-refractivity contribution in [3.05, 3.63) is 42.0 Å². The van der Waals surface area contributed by atoms with E-state index in [-0.39, 0.29) is 11.4 Å². The molecule has 0 atom stereocenters. The highest BCUT2D eigenvalue weighted by atomic mass is 19.2. The first-order chi connectivity index (χ1) is 9.65. The summed E-state index contributed by atoms with van der Waals surface area (Å²) in [5.74, 6) is -0.801. The van der Waals surface area contributed by atoms with E-state index < -0.39 is 11.6 Å². The molecule has 2 aromatic rings. The molecule has 0 amide bonds. The van der Waals surface area contributed by atoms with Crippen LogP contribution in [0.5, 0.6) is 11.5 Å². The first-order valence-corrected chi connectivity index (χ1v) is 6.05. The van der Waals surface area contributed by atoms with Gasteiger partial charge in [-0.15, -0.1) is 0 Å². The molecular weight excluding hydrogens is 266 g/mol. The van der Waals surface area contributed by atoms with E-state index >= 15 is 0 Å². The summed E-state index contributed by atoms with van der Waals surface area (Å²) in [5.41, 5.74) is 6.21. The maximum absolute atomic E-state index is 13.7. The Morgan fingerprint density at radius 1 is 1.00 bits per heavy atom. The van der Waals surface area contributed by atoms with E-state index in [1.165, 1.54) is 6.07 Å². The van der Waals surface area contributed by atoms with Crippen LogP contribution in [0.25, 0.3) is 0 Å². The van der Waals surface area contributed by atoms with Crippen LogP contribution in [-0.2, 0) is 0 Å². The molecule has 0 bridgehead atoms. The predicted octanol–water partition coefficient (Wildman–Crippen LogP) is 3.06. The van der Waals surface area contributed by atoms with Crippen molar-refractivity contribution in [1.29, 1.82) is 0 Å². The van der Waals surface area contributed by atoms with Crippen LogP contribution in [-0.4, -0.2) is 13.2 Å². The summed E-state index contributed by atoms with van der Waals surface area (Å²) in [7, 11) is 0. The summed E-state index contributed by atoms with van der Waals surface area (Å²) in [6, 6.07) is 7.32. The van der Waals surface area contributed by atoms with Gasteiger partial charge in [0, 0.05) is 11.8 Å². The SMILES string of the molecule is Nc1ccc(F)c(F)c1Nc1ccc2c(c1)OCCO2. The second kappa shape index (κ2) is 4.88. The summed E-state index contributed by atoms with van der Waals surface area (Å²) in [5, 5.41) is 2.76. The first kappa shape index (κ1) is 12.5. The number of rotatable bonds is 2. The molecular formula is C14H12F2N2O2. The van der Waals surface area contributed by atoms with Gasteiger partial charge >= 0.3 is 0 Å². The second-order valence-electron chi connectivity index (χ2n) is 4.31. The first-order valence-electron chi connectivity index (χ1n) is 6.05. The van der Waals surface area contributed by atoms with Crippen molar-refractivity contribution in [2.75, 3.05) is 24.3 Å². The maximum atomic E-state index is 13.7. The number of anilines is 3. The van der Waals surface area contributed by atoms with E-state index in [4.69, 9.17) is 15.2 Å². The Kier molecular flexibility index (Phi) is 3.06. The molecule has 0 saturated heterocycles. The molecule has 3 N–H and O–H groups in total. The highest BCUT2D eigenvalue weighted by Gasteiger charge is 2.15. The fourth-order valence-corrected chi connectivity index (χ4v) is 1.96. The molecule has 1 heterocycles. The average molecular weight is 278 g/mol. The third-order valence-corrected chi connectivity index (χ3v) is 2.94. The quantitative estimate of drug-likeness (QED) is 0.829. The number of halogens is 2. The van der Waals surface area contributed by atoms with Crippen LogP contribution >= 0.6 is 0 Å². The number of nitrogens with one attached hydrogen (secondary N) is 1. The van der Waals surface area contributed by atoms with Crippen molar-refractivity contribution in [1.82, 2.24) is 0 Å². The molecule has 1 aliphatic rings. The number of fused-ring (bicyclic) bond motifs is 1. The molecule has 0 fully saturated rings. The smallest absolute Gasteiger partial charge is 0.184 e. The zero-order valence-electron chi connectivity index (χ0n) is 10.5. The number of ether oxygens (including phenoxy) is 2. The molecule has 3 rings (SSSR count). The lowest BCUT2D eigenvalue weighted by Gasteiger charge is -2.19. The lowest BCUT2D eigenvalue weighted by Crippen LogP contribution is -2.15. The maximum Gasteiger partial charge on any atom is 0.184 e. The molecule has 0 radical (unpaired) electrons. The topological polar surface area (TPSA) is 56.5 Å². The minimum absolute atomic E-state index is 0.0957. The molecule has 2 aromatic carbocycles. The second-order valence-corrected chi connectivity index (χ2v) is 4.31. The highest BCUT2D eigenvalue weighted by molar-refractivity contribution is 5.74. The lowest BCUT2D eigenvalue weighted by atomic mass is 10.2. The van der Waals surface area contributed by atoms with Crippen LogP contribution in [0.1, 0.15) is 0 Å². The molecule has 20 heavy (non-hydrogen) atoms. The van der Waals surface area contributed by atoms with Gasteiger partial charge in [-0.3, -0.25) is 0 Å². The molecule has 0 spiro atoms. The normalized spacial score (nSPS) is 13.1. The van der Waals surface area contributed by atoms with Crippen LogP contribution in [0.3, 0.4) is 0 Å². The Morgan fingerprint density at radius 3 is 2.55 bits per heavy atom. The zero-order valence-corrected chi connectivity index (χ0v) is 10.5. The molecule has 1 aliphatic heterocycles. The highest BCUT2D eigenvalue weighted by Crippen LogP contribution is 2.35. The van der Waals surface area contributed by atoms with Crippen LogP contribution < -0.4 is 20.5 Å². The third-order valence-electron chi connectivity index (χ3n) is 2.94. The van der Waals surface area contributed by atoms with Crippen molar-refractivity contribution >= 4 is 17.1 Å². The van der Waals surface area contributed by atoms with Gasteiger partial charge in [-0.2, -0.15) is 0 Å². The largest absolute Gasteiger partial charge is 0.486 e. The number of nitrogens with two attached hydrogens (primary N) is 1. The van der Waals surface area contributed by atoms with Crippen LogP contribution in [0.4, 0.5) is 25.8 Å². The predicted molar refractivity (Wildman–Crippen MR) is 71.5 cm³/mol. The minimum Gasteiger partial charge on any atom is -0.486 e. The van der Waals surface area contributed by atoms with Crippen LogP contribution in [0.15, 0.2) is 30.3 Å². The van der Waals surface area contributed by atoms with E-state index in [0.29, 0.717) is 30.4 Å². The standard InChI is InChI=1S/C14H12F2N2O2/c15-9-2-3-10(17)14(13(9)16)18-8-1-4-11-12(7-8)20-6-5-19-11/h1-4,7,18H,5-6,17H2. The van der Waals surface area contributed by atoms with Gasteiger partial charge in [-0.1, -0.05) is 0 Å². The minimum atomic E-state index is -1.01. The van der Waals surface area contributed by atoms with E-state index in [2.05, 4.69) is 5.32 Å². The van der Waals surface area contributed by atoms with Gasteiger partial charge in [0.05, 0.1) is 5.69 Å². The van der Waals surface area contributed by atoms with Gasteiger partial charge in [0.25, 0.3) is 0 Å². The summed E-state index contributed by atoms with van der Waals surface area (Å²) < 4.78 is 37.7. The summed E-state index contributed by atoms with van der Waals surface area (Å²) >= 11 is 0. The number of hydrogen-bond acceptors (Lipinski definition) is 4. The summed E-state index contributed by atoms with van der Waals surface area (Å²) in [4.78, 5) is 0. The molecule has 0 saturated carbocycles. The Labute approximate surface area is 114 Å². The fraction of sp³-hybridized carbons (Fsp3) is 0.143. The third kappa shape index (κ3) is 2.20. The molecule has 4 nitrogen and oxygen atoms in total. The summed E-state index contributed by atoms with van der Waals surface area (Å²) in [6.07, 6.45) is 0. The summed E-state index contributed by atoms with van der Waals surface area (Å²) in [6.45, 7) is 0.943. The number of hydrogen-bond donors (Lipinski definition) is 2. The van der Waals surface area contributed by atoms with Gasteiger partial charge in [0.2, 0.25) is 0 Å². The molecule has 0 aliphatic carbocycles. The fourth-order valence-electron chi connectivity index (χ4n) is 1.96. The monoisotopic (exact) mass is 278 g/mol. The van der Waals surface area contributed by atoms with E-state index in [1.54, 1.807) is 18.2 Å². The Bertz CT molecular complexity index is 662. The van der Waals surface area contributed by atoms with Crippen molar-refractivity contribution in [3.63, 3.8) is 0 Å². The number of benzene rings is 2. The van der Waals surface area contributed by atoms with Crippen LogP contribution in [0, 0.1) is 11.6 Å². The van der Waals surface area contributed by atoms with Crippen molar-refractivity contribution in [3.8, 4) is 11.5 Å². The molecule has 0 unspecified atom stereocenters. The van der Waals surface area contributed by atoms with Gasteiger partial charge in [-0.25, -0.2) is 8.78 Å². The van der Waals surface area contributed by atoms with Crippen molar-refractivity contribution < 1.29 is 18.3 Å². The molecule has 0 aromatic heterocycles. The Balaban J connectivity index is 1.94. The van der Waals surface area contributed by atoms with Crippen molar-refractivity contribution in [2.24, 2.45) is 0 Å². The Morgan fingerprint density at radius 2 is 1.75 bits per heavy atom. The molecule has 6 heteroatoms. The van der Waals surface area contributed by atoms with Gasteiger partial charge in [-0.05, 0) is 24.3 Å². The van der Waals surface area contributed by atoms with Crippen molar-refractivity contribution in [2.45, 2.75) is 0 Å².